The number of hydrogen-bond donors (Lipinski definition) is 1. The van der Waals surface area contributed by atoms with Crippen LogP contribution in [-0.2, 0) is 14.3 Å². The van der Waals surface area contributed by atoms with Gasteiger partial charge in [0.05, 0.1) is 6.61 Å². The van der Waals surface area contributed by atoms with Crippen molar-refractivity contribution in [3.8, 4) is 6.07 Å². The van der Waals surface area contributed by atoms with Gasteiger partial charge in [0.25, 0.3) is 5.56 Å². The number of rotatable bonds is 3. The van der Waals surface area contributed by atoms with Gasteiger partial charge in [-0.05, 0) is 13.8 Å². The molecule has 1 aromatic heterocycles. The molecule has 0 aliphatic heterocycles. The molecule has 0 atom stereocenters. The van der Waals surface area contributed by atoms with Gasteiger partial charge in [0.1, 0.15) is 20.8 Å². The fraction of sp³-hybridized carbons (Fsp3) is 0.273. The van der Waals surface area contributed by atoms with E-state index < -0.39 is 17.3 Å². The number of Topliss-reactive ketones (excluding diaryl/α,β-unsaturated/α-hetero) is 1. The number of esters is 1. The summed E-state index contributed by atoms with van der Waals surface area (Å²) in [5.74, 6) is -1.09. The molecule has 0 saturated carbocycles. The number of carbonyl (C=O) groups excluding carboxylic acids is 2. The Kier molecular flexibility index (Phi) is 4.57. The second-order valence-corrected chi connectivity index (χ2v) is 4.24. The summed E-state index contributed by atoms with van der Waals surface area (Å²) in [6.07, 6.45) is 1.03. The first kappa shape index (κ1) is 13.9. The number of carbonyl (C=O) groups is 2. The summed E-state index contributed by atoms with van der Waals surface area (Å²) in [4.78, 5) is 36.2. The van der Waals surface area contributed by atoms with Gasteiger partial charge in [-0.3, -0.25) is 9.59 Å². The number of ether oxygens (including phenoxy) is 1. The molecular formula is C11H10N2O4S. The maximum absolute atomic E-state index is 11.5. The average molecular weight is 266 g/mol. The highest BCUT2D eigenvalue weighted by molar-refractivity contribution is 7.07. The number of hydrogen-bond acceptors (Lipinski definition) is 6. The summed E-state index contributed by atoms with van der Waals surface area (Å²) in [7, 11) is 0. The zero-order valence-corrected chi connectivity index (χ0v) is 10.6. The SMILES string of the molecule is CCOC(=O)/C=c1\s/c(=C(/C#N)C(C)=O)[nH]c1=O. The monoisotopic (exact) mass is 266 g/mol. The molecule has 1 rings (SSSR count). The standard InChI is InChI=1S/C11H10N2O4S/c1-3-17-9(15)4-8-10(16)13-11(18-8)7(5-12)6(2)14/h4H,3H2,1-2H3,(H,13,16)/b8-4-,11-7-. The van der Waals surface area contributed by atoms with E-state index in [9.17, 15) is 14.4 Å². The van der Waals surface area contributed by atoms with E-state index in [1.54, 1.807) is 13.0 Å². The summed E-state index contributed by atoms with van der Waals surface area (Å²) in [6, 6.07) is 1.71. The van der Waals surface area contributed by atoms with Crippen LogP contribution in [0.2, 0.25) is 0 Å². The molecule has 0 amide bonds. The van der Waals surface area contributed by atoms with Crippen molar-refractivity contribution in [1.29, 1.82) is 5.26 Å². The zero-order valence-electron chi connectivity index (χ0n) is 9.77. The lowest BCUT2D eigenvalue weighted by molar-refractivity contribution is -0.135. The second kappa shape index (κ2) is 5.93. The second-order valence-electron chi connectivity index (χ2n) is 3.19. The van der Waals surface area contributed by atoms with Crippen molar-refractivity contribution in [1.82, 2.24) is 4.98 Å². The Balaban J connectivity index is 3.44. The molecule has 0 saturated heterocycles. The highest BCUT2D eigenvalue weighted by Gasteiger charge is 2.07. The quantitative estimate of drug-likeness (QED) is 0.710. The highest BCUT2D eigenvalue weighted by atomic mass is 32.1. The first-order valence-corrected chi connectivity index (χ1v) is 5.84. The molecule has 0 aromatic carbocycles. The van der Waals surface area contributed by atoms with E-state index in [0.29, 0.717) is 0 Å². The molecular weight excluding hydrogens is 256 g/mol. The maximum Gasteiger partial charge on any atom is 0.332 e. The van der Waals surface area contributed by atoms with Crippen molar-refractivity contribution < 1.29 is 14.3 Å². The molecule has 0 radical (unpaired) electrons. The van der Waals surface area contributed by atoms with Gasteiger partial charge in [-0.2, -0.15) is 5.26 Å². The Morgan fingerprint density at radius 2 is 2.22 bits per heavy atom. The number of nitrogens with one attached hydrogen (secondary N) is 1. The third-order valence-corrected chi connectivity index (χ3v) is 2.92. The number of aromatic nitrogens is 1. The zero-order chi connectivity index (χ0) is 13.7. The fourth-order valence-electron chi connectivity index (χ4n) is 1.14. The van der Waals surface area contributed by atoms with Gasteiger partial charge in [-0.15, -0.1) is 11.3 Å². The molecule has 94 valence electrons. The van der Waals surface area contributed by atoms with Gasteiger partial charge >= 0.3 is 5.97 Å². The van der Waals surface area contributed by atoms with E-state index >= 15 is 0 Å². The molecule has 0 aliphatic rings. The van der Waals surface area contributed by atoms with E-state index in [2.05, 4.69) is 9.72 Å². The summed E-state index contributed by atoms with van der Waals surface area (Å²) in [5.41, 5.74) is -0.669. The van der Waals surface area contributed by atoms with E-state index in [1.165, 1.54) is 6.92 Å². The first-order chi connectivity index (χ1) is 8.49. The van der Waals surface area contributed by atoms with Gasteiger partial charge < -0.3 is 9.72 Å². The largest absolute Gasteiger partial charge is 0.463 e. The lowest BCUT2D eigenvalue weighted by Gasteiger charge is -1.91. The molecule has 7 heteroatoms. The predicted octanol–water partition coefficient (Wildman–Crippen LogP) is -0.957. The molecule has 1 aromatic rings. The van der Waals surface area contributed by atoms with E-state index in [4.69, 9.17) is 5.26 Å². The van der Waals surface area contributed by atoms with Crippen LogP contribution >= 0.6 is 11.3 Å². The van der Waals surface area contributed by atoms with Gasteiger partial charge in [-0.1, -0.05) is 0 Å². The summed E-state index contributed by atoms with van der Waals surface area (Å²) in [6.45, 7) is 3.08. The van der Waals surface area contributed by atoms with Crippen molar-refractivity contribution >= 4 is 34.7 Å². The summed E-state index contributed by atoms with van der Waals surface area (Å²) >= 11 is 0.870. The maximum atomic E-state index is 11.5. The minimum Gasteiger partial charge on any atom is -0.463 e. The van der Waals surface area contributed by atoms with Crippen LogP contribution in [0.25, 0.3) is 11.6 Å². The molecule has 0 aliphatic carbocycles. The minimum absolute atomic E-state index is 0.0949. The number of ketones is 1. The van der Waals surface area contributed by atoms with Crippen LogP contribution in [0, 0.1) is 11.3 Å². The smallest absolute Gasteiger partial charge is 0.332 e. The van der Waals surface area contributed by atoms with Crippen LogP contribution in [-0.4, -0.2) is 23.3 Å². The number of aromatic amines is 1. The van der Waals surface area contributed by atoms with Crippen molar-refractivity contribution in [3.63, 3.8) is 0 Å². The average Bonchev–Trinajstić information content (AvgIpc) is 2.60. The molecule has 0 fully saturated rings. The molecule has 18 heavy (non-hydrogen) atoms. The van der Waals surface area contributed by atoms with Crippen molar-refractivity contribution in [2.75, 3.05) is 6.61 Å². The lowest BCUT2D eigenvalue weighted by atomic mass is 10.2. The summed E-state index contributed by atoms with van der Waals surface area (Å²) in [5, 5.41) is 8.79. The molecule has 0 spiro atoms. The van der Waals surface area contributed by atoms with Crippen LogP contribution in [0.1, 0.15) is 13.8 Å². The fourth-order valence-corrected chi connectivity index (χ4v) is 2.09. The summed E-state index contributed by atoms with van der Waals surface area (Å²) < 4.78 is 4.90. The predicted molar refractivity (Wildman–Crippen MR) is 65.0 cm³/mol. The number of H-pyrrole nitrogens is 1. The van der Waals surface area contributed by atoms with E-state index in [0.717, 1.165) is 17.4 Å². The lowest BCUT2D eigenvalue weighted by Crippen LogP contribution is -2.22. The third kappa shape index (κ3) is 3.15. The van der Waals surface area contributed by atoms with E-state index in [-0.39, 0.29) is 21.4 Å². The normalized spacial score (nSPS) is 12.8. The highest BCUT2D eigenvalue weighted by Crippen LogP contribution is 1.91. The Bertz CT molecular complexity index is 690. The molecule has 1 heterocycles. The van der Waals surface area contributed by atoms with Crippen molar-refractivity contribution in [2.24, 2.45) is 0 Å². The van der Waals surface area contributed by atoms with Crippen molar-refractivity contribution in [2.45, 2.75) is 13.8 Å². The molecule has 0 bridgehead atoms. The van der Waals surface area contributed by atoms with Crippen LogP contribution in [0.15, 0.2) is 4.79 Å². The van der Waals surface area contributed by atoms with Crippen LogP contribution in [0.3, 0.4) is 0 Å². The number of nitrogens with zero attached hydrogens (tertiary/aromatic N) is 1. The van der Waals surface area contributed by atoms with Gasteiger partial charge in [0.15, 0.2) is 5.78 Å². The van der Waals surface area contributed by atoms with Crippen molar-refractivity contribution in [3.05, 3.63) is 19.5 Å². The van der Waals surface area contributed by atoms with Gasteiger partial charge in [0, 0.05) is 6.08 Å². The van der Waals surface area contributed by atoms with Crippen LogP contribution in [0.5, 0.6) is 0 Å². The van der Waals surface area contributed by atoms with Crippen LogP contribution < -0.4 is 14.8 Å². The van der Waals surface area contributed by atoms with Crippen LogP contribution in [0.4, 0.5) is 0 Å². The van der Waals surface area contributed by atoms with E-state index in [1.807, 2.05) is 0 Å². The number of thiazole rings is 1. The third-order valence-electron chi connectivity index (χ3n) is 1.89. The first-order valence-electron chi connectivity index (χ1n) is 5.02. The van der Waals surface area contributed by atoms with Gasteiger partial charge in [0.2, 0.25) is 0 Å². The molecule has 6 nitrogen and oxygen atoms in total. The number of nitriles is 1. The topological polar surface area (TPSA) is 100 Å². The Morgan fingerprint density at radius 1 is 1.56 bits per heavy atom. The Morgan fingerprint density at radius 3 is 2.72 bits per heavy atom. The molecule has 0 unspecified atom stereocenters. The minimum atomic E-state index is -0.641. The van der Waals surface area contributed by atoms with Gasteiger partial charge in [-0.25, -0.2) is 4.79 Å². The molecule has 1 N–H and O–H groups in total. The Hall–Kier alpha value is -2.20. The Labute approximate surface area is 106 Å².